The van der Waals surface area contributed by atoms with E-state index in [-0.39, 0.29) is 52.4 Å². The van der Waals surface area contributed by atoms with Gasteiger partial charge in [-0.05, 0) is 50.5 Å². The van der Waals surface area contributed by atoms with Crippen molar-refractivity contribution in [3.8, 4) is 0 Å². The second kappa shape index (κ2) is 5.56. The van der Waals surface area contributed by atoms with Crippen molar-refractivity contribution in [2.24, 2.45) is 28.6 Å². The molecule has 0 aromatic heterocycles. The first-order valence-corrected chi connectivity index (χ1v) is 11.4. The van der Waals surface area contributed by atoms with E-state index in [4.69, 9.17) is 14.2 Å². The largest absolute Gasteiger partial charge is 0.469 e. The van der Waals surface area contributed by atoms with Crippen LogP contribution in [0.4, 0.5) is 0 Å². The zero-order valence-corrected chi connectivity index (χ0v) is 18.0. The summed E-state index contributed by atoms with van der Waals surface area (Å²) in [6, 6.07) is 0. The Morgan fingerprint density at radius 1 is 1.17 bits per heavy atom. The minimum Gasteiger partial charge on any atom is -0.469 e. The number of carbonyl (C=O) groups excluding carboxylic acids is 3. The summed E-state index contributed by atoms with van der Waals surface area (Å²) < 4.78 is 17.9. The van der Waals surface area contributed by atoms with Crippen molar-refractivity contribution in [2.75, 3.05) is 7.11 Å². The number of methoxy groups -OCH3 is 1. The number of esters is 2. The van der Waals surface area contributed by atoms with Gasteiger partial charge in [-0.15, -0.1) is 0 Å². The number of ether oxygens (including phenoxy) is 3. The second-order valence-electron chi connectivity index (χ2n) is 11.0. The van der Waals surface area contributed by atoms with Crippen LogP contribution in [0.3, 0.4) is 0 Å². The maximum atomic E-state index is 13.0. The summed E-state index contributed by atoms with van der Waals surface area (Å²) >= 11 is 0. The number of hydrogen-bond acceptors (Lipinski definition) is 6. The molecule has 6 rings (SSSR count). The molecule has 5 fully saturated rings. The average molecular weight is 414 g/mol. The summed E-state index contributed by atoms with van der Waals surface area (Å²) in [5.74, 6) is -0.201. The minimum atomic E-state index is -0.424. The highest BCUT2D eigenvalue weighted by atomic mass is 16.6. The summed E-state index contributed by atoms with van der Waals surface area (Å²) in [5.41, 5.74) is -0.175. The molecule has 2 spiro atoms. The van der Waals surface area contributed by atoms with Crippen molar-refractivity contribution < 1.29 is 28.6 Å². The molecule has 0 bridgehead atoms. The minimum absolute atomic E-state index is 0.0303. The van der Waals surface area contributed by atoms with Crippen LogP contribution in [0.1, 0.15) is 65.2 Å². The Morgan fingerprint density at radius 3 is 2.67 bits per heavy atom. The zero-order valence-electron chi connectivity index (χ0n) is 18.0. The maximum absolute atomic E-state index is 13.0. The first kappa shape index (κ1) is 19.0. The molecule has 6 nitrogen and oxygen atoms in total. The van der Waals surface area contributed by atoms with Gasteiger partial charge in [0.2, 0.25) is 0 Å². The third-order valence-corrected chi connectivity index (χ3v) is 10.2. The molecular weight excluding hydrogens is 384 g/mol. The van der Waals surface area contributed by atoms with E-state index in [1.54, 1.807) is 6.08 Å². The highest BCUT2D eigenvalue weighted by molar-refractivity contribution is 5.92. The fourth-order valence-electron chi connectivity index (χ4n) is 8.69. The number of carbonyl (C=O) groups is 3. The first-order valence-electron chi connectivity index (χ1n) is 11.4. The predicted molar refractivity (Wildman–Crippen MR) is 105 cm³/mol. The number of fused-ring (bicyclic) bond motifs is 4. The van der Waals surface area contributed by atoms with Crippen LogP contribution in [0.5, 0.6) is 0 Å². The molecule has 30 heavy (non-hydrogen) atoms. The predicted octanol–water partition coefficient (Wildman–Crippen LogP) is 3.12. The van der Waals surface area contributed by atoms with Crippen LogP contribution < -0.4 is 0 Å². The van der Waals surface area contributed by atoms with Gasteiger partial charge in [0.1, 0.15) is 11.2 Å². The Morgan fingerprint density at radius 2 is 1.97 bits per heavy atom. The van der Waals surface area contributed by atoms with Gasteiger partial charge in [-0.25, -0.2) is 0 Å². The Labute approximate surface area is 176 Å². The molecule has 0 radical (unpaired) electrons. The molecule has 5 unspecified atom stereocenters. The maximum Gasteiger partial charge on any atom is 0.309 e. The highest BCUT2D eigenvalue weighted by Gasteiger charge is 2.83. The summed E-state index contributed by atoms with van der Waals surface area (Å²) in [4.78, 5) is 37.4. The quantitative estimate of drug-likeness (QED) is 0.484. The normalized spacial score (nSPS) is 53.2. The Bertz CT molecular complexity index is 907. The lowest BCUT2D eigenvalue weighted by Crippen LogP contribution is -2.63. The third-order valence-electron chi connectivity index (χ3n) is 10.2. The number of ketones is 1. The second-order valence-corrected chi connectivity index (χ2v) is 11.0. The van der Waals surface area contributed by atoms with Gasteiger partial charge in [-0.3, -0.25) is 14.4 Å². The van der Waals surface area contributed by atoms with E-state index in [2.05, 4.69) is 13.8 Å². The van der Waals surface area contributed by atoms with E-state index in [1.165, 1.54) is 7.11 Å². The van der Waals surface area contributed by atoms with Crippen LogP contribution in [0.2, 0.25) is 0 Å². The molecule has 2 heterocycles. The van der Waals surface area contributed by atoms with Gasteiger partial charge in [-0.2, -0.15) is 0 Å². The summed E-state index contributed by atoms with van der Waals surface area (Å²) in [5, 5.41) is 0. The van der Waals surface area contributed by atoms with Crippen LogP contribution in [0.15, 0.2) is 11.6 Å². The van der Waals surface area contributed by atoms with Gasteiger partial charge < -0.3 is 14.2 Å². The molecule has 0 aromatic rings. The molecule has 0 N–H and O–H groups in total. The molecule has 0 amide bonds. The van der Waals surface area contributed by atoms with Crippen LogP contribution in [-0.4, -0.2) is 42.1 Å². The van der Waals surface area contributed by atoms with Crippen LogP contribution in [0, 0.1) is 28.6 Å². The van der Waals surface area contributed by atoms with Gasteiger partial charge in [0, 0.05) is 29.6 Å². The average Bonchev–Trinajstić information content (AvgIpc) is 3.20. The molecule has 2 saturated heterocycles. The lowest BCUT2D eigenvalue weighted by molar-refractivity contribution is -0.172. The van der Waals surface area contributed by atoms with E-state index in [1.807, 2.05) is 0 Å². The van der Waals surface area contributed by atoms with Gasteiger partial charge in [0.15, 0.2) is 5.78 Å². The smallest absolute Gasteiger partial charge is 0.309 e. The SMILES string of the molecule is COC(=O)C1CC2=CC(=O)CCC2(C)[C@@]23O[C@@H]2CC2(C)C(CC[C@@]24CCC(=O)O4)C13. The van der Waals surface area contributed by atoms with Crippen LogP contribution >= 0.6 is 0 Å². The van der Waals surface area contributed by atoms with Gasteiger partial charge in [0.05, 0.1) is 19.1 Å². The monoisotopic (exact) mass is 414 g/mol. The van der Waals surface area contributed by atoms with Crippen molar-refractivity contribution in [3.63, 3.8) is 0 Å². The third kappa shape index (κ3) is 1.94. The molecule has 162 valence electrons. The summed E-state index contributed by atoms with van der Waals surface area (Å²) in [6.07, 6.45) is 7.61. The van der Waals surface area contributed by atoms with E-state index in [0.717, 1.165) is 37.7 Å². The van der Waals surface area contributed by atoms with Crippen molar-refractivity contribution in [3.05, 3.63) is 11.6 Å². The molecule has 4 aliphatic carbocycles. The molecule has 8 atom stereocenters. The summed E-state index contributed by atoms with van der Waals surface area (Å²) in [7, 11) is 1.45. The first-order chi connectivity index (χ1) is 14.2. The fraction of sp³-hybridized carbons (Fsp3) is 0.792. The Hall–Kier alpha value is -1.69. The number of rotatable bonds is 1. The van der Waals surface area contributed by atoms with Crippen molar-refractivity contribution in [1.82, 2.24) is 0 Å². The van der Waals surface area contributed by atoms with E-state index in [0.29, 0.717) is 19.3 Å². The highest BCUT2D eigenvalue weighted by Crippen LogP contribution is 2.78. The van der Waals surface area contributed by atoms with E-state index < -0.39 is 11.2 Å². The van der Waals surface area contributed by atoms with E-state index in [9.17, 15) is 14.4 Å². The van der Waals surface area contributed by atoms with Crippen molar-refractivity contribution in [1.29, 1.82) is 0 Å². The molecule has 6 heteroatoms. The zero-order chi connectivity index (χ0) is 21.1. The Kier molecular flexibility index (Phi) is 3.53. The molecule has 0 aromatic carbocycles. The molecule has 2 aliphatic heterocycles. The van der Waals surface area contributed by atoms with Crippen molar-refractivity contribution >= 4 is 17.7 Å². The topological polar surface area (TPSA) is 82.2 Å². The lowest BCUT2D eigenvalue weighted by atomic mass is 9.43. The molecule has 6 aliphatic rings. The Balaban J connectivity index is 1.49. The number of epoxide rings is 1. The lowest BCUT2D eigenvalue weighted by Gasteiger charge is -2.58. The fourth-order valence-corrected chi connectivity index (χ4v) is 8.69. The van der Waals surface area contributed by atoms with Gasteiger partial charge >= 0.3 is 11.9 Å². The van der Waals surface area contributed by atoms with Crippen molar-refractivity contribution in [2.45, 2.75) is 82.5 Å². The van der Waals surface area contributed by atoms with Gasteiger partial charge in [-0.1, -0.05) is 19.4 Å². The summed E-state index contributed by atoms with van der Waals surface area (Å²) in [6.45, 7) is 4.51. The standard InChI is InChI=1S/C24H30O6/c1-21-7-4-14(25)10-13(21)11-15(20(27)28-3)19-16-5-8-23(9-6-18(26)30-23)22(16,2)12-17-24(19,21)29-17/h10,15-17,19H,4-9,11-12H2,1-3H3/t15?,16?,17-,19?,21?,22?,23-,24-/m1/s1. The molecular formula is C24H30O6. The molecule has 3 saturated carbocycles. The van der Waals surface area contributed by atoms with Crippen LogP contribution in [-0.2, 0) is 28.6 Å². The van der Waals surface area contributed by atoms with E-state index >= 15 is 0 Å². The number of hydrogen-bond donors (Lipinski definition) is 0. The van der Waals surface area contributed by atoms with Crippen LogP contribution in [0.25, 0.3) is 0 Å². The van der Waals surface area contributed by atoms with Gasteiger partial charge in [0.25, 0.3) is 0 Å².